The van der Waals surface area contributed by atoms with Gasteiger partial charge in [0.2, 0.25) is 29.5 Å². The number of nitrogens with one attached hydrogen (secondary N) is 1. The largest absolute Gasteiger partial charge is 0.453 e. The highest BCUT2D eigenvalue weighted by molar-refractivity contribution is 9.11. The van der Waals surface area contributed by atoms with Gasteiger partial charge in [-0.25, -0.2) is 25.3 Å². The number of para-hydroxylation sites is 6. The van der Waals surface area contributed by atoms with Gasteiger partial charge in [0.1, 0.15) is 0 Å². The Balaban J connectivity index is 0.000000111. The van der Waals surface area contributed by atoms with E-state index >= 15 is 0 Å². The summed E-state index contributed by atoms with van der Waals surface area (Å²) in [7, 11) is -10.8. The Labute approximate surface area is 818 Å². The van der Waals surface area contributed by atoms with Crippen molar-refractivity contribution in [1.29, 1.82) is 0 Å². The predicted octanol–water partition coefficient (Wildman–Crippen LogP) is 28.8. The van der Waals surface area contributed by atoms with Crippen LogP contribution in [0.25, 0.3) is 43.1 Å². The van der Waals surface area contributed by atoms with E-state index < -0.39 is 40.3 Å². The number of hydrogen-bond donors (Lipinski definition) is 1. The standard InChI is InChI=1S/2C31H22BrNO3S.C20H18.C16H11NO.C15H12Br2O2S.2BH4/c2*1-31(2)23-17-20(32)12-15-28(23)37(34,35)29-16-13-21(18-24(29)31)33-25-9-5-6-10-26(25)36-27-14-11-19-7-3-4-8-22(19)30(27)33;1-20(2)18-10-6-4-8-15(18)13-17-16-9-5-3-7-14(16)11-12-19(17)20;1-2-6-12-11(5-1)9-10-15-16(12)17-13-7-3-4-8-14(13)18-15;1-15(2)11-7-9(16)3-5-13(11)20(18,19)14-6-4-10(17)8-12(14)15;;/h2*3-18H,1-2H3;3-12H,13H2,1-2H3;1-10,17H;3-8H,1-2H3;2*1H4/q;;;;;2*-1. The fourth-order valence-corrected chi connectivity index (χ4v) is 27.4. The van der Waals surface area contributed by atoms with Crippen molar-refractivity contribution in [1.82, 2.24) is 0 Å². The maximum absolute atomic E-state index is 13.7. The fraction of sp³-hybridized carbons (Fsp3) is 0.115. The Kier molecular flexibility index (Phi) is 23.2. The maximum Gasteiger partial charge on any atom is 0.207 e. The predicted molar refractivity (Wildman–Crippen MR) is 568 cm³/mol. The molecule has 1 N–H and O–H groups in total. The first kappa shape index (κ1) is 90.8. The second kappa shape index (κ2) is 34.3. The molecule has 0 unspecified atom stereocenters. The number of hydrogen-bond acceptors (Lipinski definition) is 12. The highest BCUT2D eigenvalue weighted by atomic mass is 79.9. The second-order valence-corrected chi connectivity index (χ2v) is 45.4. The van der Waals surface area contributed by atoms with E-state index in [2.05, 4.69) is 249 Å². The van der Waals surface area contributed by atoms with Gasteiger partial charge >= 0.3 is 0 Å². The lowest BCUT2D eigenvalue weighted by Crippen LogP contribution is -2.30. The molecule has 0 saturated carbocycles. The Morgan fingerprint density at radius 1 is 0.276 bits per heavy atom. The number of anilines is 8. The summed E-state index contributed by atoms with van der Waals surface area (Å²) in [5.41, 5.74) is 17.0. The van der Waals surface area contributed by atoms with Crippen molar-refractivity contribution >= 4 is 199 Å². The van der Waals surface area contributed by atoms with Gasteiger partial charge in [-0.1, -0.05) is 324 Å². The van der Waals surface area contributed by atoms with Crippen LogP contribution in [0.5, 0.6) is 34.5 Å². The van der Waals surface area contributed by atoms with Crippen LogP contribution in [0.15, 0.2) is 399 Å². The summed E-state index contributed by atoms with van der Waals surface area (Å²) in [6, 6.07) is 116. The van der Waals surface area contributed by atoms with Crippen molar-refractivity contribution in [2.75, 3.05) is 15.1 Å². The van der Waals surface area contributed by atoms with Crippen LogP contribution in [0.4, 0.5) is 45.5 Å². The molecule has 0 spiro atoms. The van der Waals surface area contributed by atoms with Crippen molar-refractivity contribution < 1.29 is 39.5 Å². The minimum absolute atomic E-state index is 0. The van der Waals surface area contributed by atoms with Crippen molar-refractivity contribution in [3.8, 4) is 34.5 Å². The van der Waals surface area contributed by atoms with Crippen LogP contribution in [-0.2, 0) is 57.6 Å². The summed E-state index contributed by atoms with van der Waals surface area (Å²) in [6.45, 7) is 17.2. The molecular formula is C113H93B2Br4N3O9S3-2. The number of benzene rings is 18. The molecule has 0 radical (unpaired) electrons. The van der Waals surface area contributed by atoms with Crippen LogP contribution in [0.3, 0.4) is 0 Å². The van der Waals surface area contributed by atoms with Gasteiger partial charge in [-0.2, -0.15) is 0 Å². The molecule has 7 aliphatic rings. The molecule has 0 saturated heterocycles. The minimum atomic E-state index is -3.66. The lowest BCUT2D eigenvalue weighted by atomic mass is 9.68. The van der Waals surface area contributed by atoms with Crippen LogP contribution in [0.2, 0.25) is 0 Å². The SMILES string of the molecule is CC1(C)c2cc(Br)ccc2S(=O)(=O)c2ccc(Br)cc21.CC1(C)c2cc(Br)ccc2S(=O)(=O)c2ccc(N3c4ccccc4Oc4ccc5ccccc5c43)cc21.CC1(C)c2cc(Br)ccc2S(=O)(=O)c2ccc(N3c4ccccc4Oc4ccc5ccccc5c43)cc21.CC1(C)c2ccccc2Cc2c1ccc1ccccc21.[BH4-].[BH4-].c1ccc2c(c1)Nc1c(ccc3ccccc13)O2. The van der Waals surface area contributed by atoms with Crippen molar-refractivity contribution in [3.05, 3.63) is 425 Å². The smallest absolute Gasteiger partial charge is 0.207 e. The van der Waals surface area contributed by atoms with E-state index in [9.17, 15) is 25.3 Å². The third-order valence-electron chi connectivity index (χ3n) is 26.8. The fourth-order valence-electron chi connectivity index (χ4n) is 20.1. The van der Waals surface area contributed by atoms with Gasteiger partial charge in [-0.15, -0.1) is 0 Å². The van der Waals surface area contributed by atoms with E-state index in [1.165, 1.54) is 43.8 Å². The lowest BCUT2D eigenvalue weighted by molar-refractivity contribution is 0.477. The summed E-state index contributed by atoms with van der Waals surface area (Å²) < 4.78 is 102. The third-order valence-corrected chi connectivity index (χ3v) is 34.4. The van der Waals surface area contributed by atoms with Crippen molar-refractivity contribution in [2.45, 2.75) is 113 Å². The molecule has 0 aromatic heterocycles. The van der Waals surface area contributed by atoms with Crippen LogP contribution in [-0.4, -0.2) is 42.1 Å². The average Bonchev–Trinajstić information content (AvgIpc) is 0.694. The molecule has 25 rings (SSSR count). The number of halogens is 4. The number of fused-ring (bicyclic) bond motifs is 22. The minimum Gasteiger partial charge on any atom is -0.453 e. The molecule has 18 aromatic carbocycles. The molecule has 0 bridgehead atoms. The summed E-state index contributed by atoms with van der Waals surface area (Å²) in [5, 5.41) is 13.0. The summed E-state index contributed by atoms with van der Waals surface area (Å²) in [6.07, 6.45) is 1.05. The average molecular weight is 2070 g/mol. The lowest BCUT2D eigenvalue weighted by Gasteiger charge is -2.37. The molecule has 18 aromatic rings. The zero-order valence-electron chi connectivity index (χ0n) is 73.0. The number of ether oxygens (including phenoxy) is 3. The molecule has 0 atom stereocenters. The molecule has 6 aliphatic heterocycles. The van der Waals surface area contributed by atoms with E-state index in [1.807, 2.05) is 176 Å². The Morgan fingerprint density at radius 3 is 1.03 bits per heavy atom. The van der Waals surface area contributed by atoms with Gasteiger partial charge in [0, 0.05) is 67.1 Å². The molecule has 0 amide bonds. The van der Waals surface area contributed by atoms with Crippen molar-refractivity contribution in [2.24, 2.45) is 0 Å². The molecule has 1 aliphatic carbocycles. The molecule has 668 valence electrons. The zero-order chi connectivity index (χ0) is 91.5. The zero-order valence-corrected chi connectivity index (χ0v) is 81.8. The molecule has 0 fully saturated rings. The molecule has 134 heavy (non-hydrogen) atoms. The highest BCUT2D eigenvalue weighted by Gasteiger charge is 2.46. The first-order valence-corrected chi connectivity index (χ1v) is 51.1. The third kappa shape index (κ3) is 15.1. The highest BCUT2D eigenvalue weighted by Crippen LogP contribution is 2.59. The Morgan fingerprint density at radius 2 is 0.590 bits per heavy atom. The summed E-state index contributed by atoms with van der Waals surface area (Å²) in [5.74, 6) is 4.79. The van der Waals surface area contributed by atoms with E-state index in [1.54, 1.807) is 60.7 Å². The van der Waals surface area contributed by atoms with E-state index in [0.717, 1.165) is 159 Å². The van der Waals surface area contributed by atoms with E-state index in [-0.39, 0.29) is 27.7 Å². The number of sulfone groups is 3. The Bertz CT molecular complexity index is 7980. The first-order valence-electron chi connectivity index (χ1n) is 43.4. The molecular weight excluding hydrogens is 1980 g/mol. The van der Waals surface area contributed by atoms with Gasteiger partial charge in [0.05, 0.1) is 63.5 Å². The van der Waals surface area contributed by atoms with Crippen molar-refractivity contribution in [3.63, 3.8) is 0 Å². The second-order valence-electron chi connectivity index (χ2n) is 36.0. The number of rotatable bonds is 2. The quantitative estimate of drug-likeness (QED) is 0.164. The van der Waals surface area contributed by atoms with Gasteiger partial charge in [-0.05, 0) is 253 Å². The van der Waals surface area contributed by atoms with E-state index in [0.29, 0.717) is 29.4 Å². The summed E-state index contributed by atoms with van der Waals surface area (Å²) >= 11 is 13.9. The van der Waals surface area contributed by atoms with E-state index in [4.69, 9.17) is 14.2 Å². The molecule has 12 nitrogen and oxygen atoms in total. The van der Waals surface area contributed by atoms with Crippen LogP contribution >= 0.6 is 63.7 Å². The number of nitrogens with zero attached hydrogens (tertiary/aromatic N) is 2. The van der Waals surface area contributed by atoms with Crippen LogP contribution in [0.1, 0.15) is 111 Å². The van der Waals surface area contributed by atoms with Crippen LogP contribution in [0, 0.1) is 0 Å². The normalized spacial score (nSPS) is 15.7. The topological polar surface area (TPSA) is 149 Å². The van der Waals surface area contributed by atoms with Gasteiger partial charge in [-0.3, -0.25) is 0 Å². The molecule has 21 heteroatoms. The monoisotopic (exact) mass is 2070 g/mol. The summed E-state index contributed by atoms with van der Waals surface area (Å²) in [4.78, 5) is 6.64. The van der Waals surface area contributed by atoms with Gasteiger partial charge < -0.3 is 29.3 Å². The molecule has 6 heterocycles. The Hall–Kier alpha value is -12.3. The van der Waals surface area contributed by atoms with Gasteiger partial charge in [0.15, 0.2) is 34.5 Å². The first-order chi connectivity index (χ1) is 63.4. The van der Waals surface area contributed by atoms with Crippen LogP contribution < -0.4 is 29.3 Å². The van der Waals surface area contributed by atoms with Gasteiger partial charge in [0.25, 0.3) is 0 Å². The maximum atomic E-state index is 13.7.